The molecule has 10 heteroatoms. The number of aliphatic hydroxyl groups is 2. The van der Waals surface area contributed by atoms with Crippen LogP contribution in [0.25, 0.3) is 32.3 Å². The van der Waals surface area contributed by atoms with Crippen molar-refractivity contribution in [1.29, 1.82) is 0 Å². The summed E-state index contributed by atoms with van der Waals surface area (Å²) in [5, 5.41) is 25.7. The Labute approximate surface area is 216 Å². The third-order valence-corrected chi connectivity index (χ3v) is 6.61. The summed E-state index contributed by atoms with van der Waals surface area (Å²) in [5.41, 5.74) is 4.04. The first-order chi connectivity index (χ1) is 18.0. The third kappa shape index (κ3) is 5.46. The predicted molar refractivity (Wildman–Crippen MR) is 145 cm³/mol. The summed E-state index contributed by atoms with van der Waals surface area (Å²) in [6, 6.07) is 19.7. The van der Waals surface area contributed by atoms with Crippen molar-refractivity contribution in [2.75, 3.05) is 23.8 Å². The van der Waals surface area contributed by atoms with E-state index in [4.69, 9.17) is 0 Å². The number of fused-ring (bicyclic) bond motifs is 1. The van der Waals surface area contributed by atoms with Crippen LogP contribution in [0.15, 0.2) is 72.9 Å². The van der Waals surface area contributed by atoms with Crippen LogP contribution in [0.3, 0.4) is 0 Å². The van der Waals surface area contributed by atoms with Crippen LogP contribution in [-0.4, -0.2) is 55.3 Å². The fourth-order valence-corrected chi connectivity index (χ4v) is 4.71. The first-order valence-electron chi connectivity index (χ1n) is 11.6. The van der Waals surface area contributed by atoms with Crippen molar-refractivity contribution < 1.29 is 15.0 Å². The molecule has 0 unspecified atom stereocenters. The van der Waals surface area contributed by atoms with Crippen LogP contribution in [0.2, 0.25) is 0 Å². The van der Waals surface area contributed by atoms with Crippen LogP contribution >= 0.6 is 11.3 Å². The van der Waals surface area contributed by atoms with E-state index >= 15 is 0 Å². The van der Waals surface area contributed by atoms with Gasteiger partial charge in [-0.15, -0.1) is 0 Å². The molecule has 0 spiro atoms. The molecule has 0 aliphatic rings. The molecule has 1 amide bonds. The fourth-order valence-electron chi connectivity index (χ4n) is 3.76. The van der Waals surface area contributed by atoms with Gasteiger partial charge in [-0.1, -0.05) is 47.2 Å². The van der Waals surface area contributed by atoms with Gasteiger partial charge in [0.15, 0.2) is 5.82 Å². The minimum Gasteiger partial charge on any atom is -0.394 e. The Bertz CT molecular complexity index is 1530. The van der Waals surface area contributed by atoms with Crippen molar-refractivity contribution in [3.63, 3.8) is 0 Å². The van der Waals surface area contributed by atoms with Gasteiger partial charge in [0.1, 0.15) is 26.9 Å². The second-order valence-electron chi connectivity index (χ2n) is 8.38. The number of hydrogen-bond donors (Lipinski definition) is 4. The molecule has 37 heavy (non-hydrogen) atoms. The van der Waals surface area contributed by atoms with Crippen molar-refractivity contribution in [2.24, 2.45) is 0 Å². The highest BCUT2D eigenvalue weighted by molar-refractivity contribution is 7.21. The van der Waals surface area contributed by atoms with Gasteiger partial charge in [-0.3, -0.25) is 4.79 Å². The van der Waals surface area contributed by atoms with E-state index in [1.165, 1.54) is 17.4 Å². The second kappa shape index (κ2) is 10.8. The highest BCUT2D eigenvalue weighted by atomic mass is 32.1. The first kappa shape index (κ1) is 24.4. The van der Waals surface area contributed by atoms with E-state index in [1.807, 2.05) is 67.6 Å². The average Bonchev–Trinajstić information content (AvgIpc) is 3.36. The molecule has 3 heterocycles. The van der Waals surface area contributed by atoms with E-state index in [2.05, 4.69) is 30.6 Å². The number of anilines is 2. The summed E-state index contributed by atoms with van der Waals surface area (Å²) >= 11 is 1.45. The molecular formula is C27H24N6O3S. The number of nitrogens with one attached hydrogen (secondary N) is 2. The number of hydrogen-bond acceptors (Lipinski definition) is 9. The van der Waals surface area contributed by atoms with Gasteiger partial charge in [-0.2, -0.15) is 0 Å². The number of carbonyl (C=O) groups is 1. The third-order valence-electron chi connectivity index (χ3n) is 5.60. The lowest BCUT2D eigenvalue weighted by Crippen LogP contribution is -2.28. The maximum atomic E-state index is 13.4. The lowest BCUT2D eigenvalue weighted by atomic mass is 10.1. The molecule has 0 radical (unpaired) electrons. The molecule has 5 aromatic rings. The number of carbonyl (C=O) groups excluding carboxylic acids is 1. The number of benzene rings is 2. The quantitative estimate of drug-likeness (QED) is 0.244. The van der Waals surface area contributed by atoms with Crippen molar-refractivity contribution in [3.05, 3.63) is 84.2 Å². The van der Waals surface area contributed by atoms with Crippen LogP contribution in [0.4, 0.5) is 11.5 Å². The number of aromatic nitrogens is 4. The molecule has 4 N–H and O–H groups in total. The van der Waals surface area contributed by atoms with Gasteiger partial charge >= 0.3 is 0 Å². The molecule has 0 saturated carbocycles. The van der Waals surface area contributed by atoms with E-state index in [9.17, 15) is 15.0 Å². The summed E-state index contributed by atoms with van der Waals surface area (Å²) in [6.45, 7) is 1.36. The Morgan fingerprint density at radius 2 is 1.81 bits per heavy atom. The summed E-state index contributed by atoms with van der Waals surface area (Å²) in [6.07, 6.45) is 1.72. The summed E-state index contributed by atoms with van der Waals surface area (Å²) in [5.74, 6) is 0.227. The van der Waals surface area contributed by atoms with Crippen LogP contribution in [-0.2, 0) is 0 Å². The maximum Gasteiger partial charge on any atom is 0.274 e. The molecule has 3 aromatic heterocycles. The molecule has 0 bridgehead atoms. The van der Waals surface area contributed by atoms with E-state index in [0.717, 1.165) is 32.0 Å². The Morgan fingerprint density at radius 1 is 0.973 bits per heavy atom. The lowest BCUT2D eigenvalue weighted by molar-refractivity contribution is 0.102. The number of thiazole rings is 1. The number of pyridine rings is 1. The fraction of sp³-hybridized carbons (Fsp3) is 0.148. The molecule has 5 rings (SSSR count). The summed E-state index contributed by atoms with van der Waals surface area (Å²) in [4.78, 5) is 32.3. The summed E-state index contributed by atoms with van der Waals surface area (Å²) in [7, 11) is 0. The predicted octanol–water partition coefficient (Wildman–Crippen LogP) is 4.14. The van der Waals surface area contributed by atoms with E-state index < -0.39 is 11.9 Å². The smallest absolute Gasteiger partial charge is 0.274 e. The molecule has 9 nitrogen and oxygen atoms in total. The lowest BCUT2D eigenvalue weighted by Gasteiger charge is -2.16. The monoisotopic (exact) mass is 512 g/mol. The Balaban J connectivity index is 1.51. The highest BCUT2D eigenvalue weighted by Crippen LogP contribution is 2.34. The van der Waals surface area contributed by atoms with Crippen molar-refractivity contribution in [2.45, 2.75) is 13.0 Å². The van der Waals surface area contributed by atoms with Crippen LogP contribution in [0, 0.1) is 6.92 Å². The van der Waals surface area contributed by atoms with E-state index in [-0.39, 0.29) is 18.9 Å². The maximum absolute atomic E-state index is 13.4. The molecule has 0 aliphatic heterocycles. The zero-order chi connectivity index (χ0) is 25.8. The molecule has 0 aliphatic carbocycles. The minimum atomic E-state index is -0.635. The molecule has 0 atom stereocenters. The zero-order valence-electron chi connectivity index (χ0n) is 19.9. The largest absolute Gasteiger partial charge is 0.394 e. The molecule has 186 valence electrons. The number of aliphatic hydroxyl groups excluding tert-OH is 2. The molecule has 0 fully saturated rings. The van der Waals surface area contributed by atoms with Gasteiger partial charge in [-0.05, 0) is 37.3 Å². The molecule has 2 aromatic carbocycles. The van der Waals surface area contributed by atoms with Crippen LogP contribution in [0.1, 0.15) is 16.1 Å². The van der Waals surface area contributed by atoms with Crippen molar-refractivity contribution >= 4 is 39.1 Å². The normalized spacial score (nSPS) is 11.1. The standard InChI is InChI=1S/C27H24N6O3S/c1-16-6-4-7-17(12-16)24-30-22(13-23(33-24)29-18(14-34)15-35)25(36)31-20-9-3-2-8-19(20)26-32-21-10-5-11-28-27(21)37-26/h2-13,18,34-35H,14-15H2,1H3,(H,31,36)(H,29,30,33). The van der Waals surface area contributed by atoms with Gasteiger partial charge in [0.05, 0.1) is 24.9 Å². The van der Waals surface area contributed by atoms with Crippen LogP contribution in [0.5, 0.6) is 0 Å². The van der Waals surface area contributed by atoms with Crippen molar-refractivity contribution in [1.82, 2.24) is 19.9 Å². The second-order valence-corrected chi connectivity index (χ2v) is 9.36. The van der Waals surface area contributed by atoms with Gasteiger partial charge in [-0.25, -0.2) is 19.9 Å². The number of amides is 1. The van der Waals surface area contributed by atoms with Gasteiger partial charge < -0.3 is 20.8 Å². The minimum absolute atomic E-state index is 0.129. The number of nitrogens with zero attached hydrogens (tertiary/aromatic N) is 4. The van der Waals surface area contributed by atoms with Crippen LogP contribution < -0.4 is 10.6 Å². The van der Waals surface area contributed by atoms with Gasteiger partial charge in [0.2, 0.25) is 0 Å². The van der Waals surface area contributed by atoms with Gasteiger partial charge in [0, 0.05) is 23.4 Å². The first-order valence-corrected chi connectivity index (χ1v) is 12.4. The number of para-hydroxylation sites is 1. The van der Waals surface area contributed by atoms with Gasteiger partial charge in [0.25, 0.3) is 5.91 Å². The topological polar surface area (TPSA) is 133 Å². The Hall–Kier alpha value is -4.25. The number of aryl methyl sites for hydroxylation is 1. The molecule has 0 saturated heterocycles. The summed E-state index contributed by atoms with van der Waals surface area (Å²) < 4.78 is 0. The SMILES string of the molecule is Cc1cccc(-c2nc(NC(CO)CO)cc(C(=O)Nc3ccccc3-c3nc4cccnc4s3)n2)c1. The average molecular weight is 513 g/mol. The Morgan fingerprint density at radius 3 is 2.59 bits per heavy atom. The highest BCUT2D eigenvalue weighted by Gasteiger charge is 2.18. The van der Waals surface area contributed by atoms with E-state index in [1.54, 1.807) is 6.20 Å². The van der Waals surface area contributed by atoms with E-state index in [0.29, 0.717) is 17.3 Å². The number of rotatable bonds is 8. The molecular weight excluding hydrogens is 488 g/mol. The zero-order valence-corrected chi connectivity index (χ0v) is 20.7. The Kier molecular flexibility index (Phi) is 7.13. The van der Waals surface area contributed by atoms with Crippen molar-refractivity contribution in [3.8, 4) is 22.0 Å².